The molecule has 0 aliphatic carbocycles. The summed E-state index contributed by atoms with van der Waals surface area (Å²) in [6.45, 7) is 3.97. The van der Waals surface area contributed by atoms with E-state index < -0.39 is 0 Å². The Morgan fingerprint density at radius 1 is 1.17 bits per heavy atom. The van der Waals surface area contributed by atoms with Crippen molar-refractivity contribution < 1.29 is 4.79 Å². The zero-order valence-electron chi connectivity index (χ0n) is 16.5. The number of nitrogens with zero attached hydrogens (tertiary/aromatic N) is 3. The van der Waals surface area contributed by atoms with Crippen molar-refractivity contribution in [2.45, 2.75) is 32.2 Å². The molecule has 29 heavy (non-hydrogen) atoms. The fraction of sp³-hybridized carbons (Fsp3) is 0.348. The van der Waals surface area contributed by atoms with Crippen LogP contribution >= 0.6 is 11.3 Å². The Kier molecular flexibility index (Phi) is 5.90. The van der Waals surface area contributed by atoms with Gasteiger partial charge in [-0.25, -0.2) is 4.68 Å². The number of likely N-dealkylation sites (tertiary alicyclic amines) is 1. The second-order valence-corrected chi connectivity index (χ2v) is 8.59. The first-order valence-corrected chi connectivity index (χ1v) is 11.0. The summed E-state index contributed by atoms with van der Waals surface area (Å²) in [5.41, 5.74) is 1.77. The van der Waals surface area contributed by atoms with Gasteiger partial charge in [0.2, 0.25) is 5.91 Å². The first-order valence-electron chi connectivity index (χ1n) is 10.1. The number of hydrogen-bond acceptors (Lipinski definition) is 4. The van der Waals surface area contributed by atoms with Gasteiger partial charge in [0.05, 0.1) is 10.8 Å². The lowest BCUT2D eigenvalue weighted by Gasteiger charge is -2.34. The summed E-state index contributed by atoms with van der Waals surface area (Å²) < 4.78 is 1.56. The molecule has 3 heterocycles. The predicted octanol–water partition coefficient (Wildman–Crippen LogP) is 4.01. The van der Waals surface area contributed by atoms with Gasteiger partial charge >= 0.3 is 0 Å². The van der Waals surface area contributed by atoms with Gasteiger partial charge in [-0.1, -0.05) is 36.4 Å². The minimum Gasteiger partial charge on any atom is -0.342 e. The Balaban J connectivity index is 1.46. The maximum Gasteiger partial charge on any atom is 0.266 e. The highest BCUT2D eigenvalue weighted by Crippen LogP contribution is 2.24. The lowest BCUT2D eigenvalue weighted by molar-refractivity contribution is -0.134. The van der Waals surface area contributed by atoms with Crippen LogP contribution < -0.4 is 5.56 Å². The maximum absolute atomic E-state index is 13.0. The van der Waals surface area contributed by atoms with Crippen molar-refractivity contribution in [3.8, 4) is 10.6 Å². The number of thiophene rings is 1. The number of rotatable bonds is 5. The molecule has 1 aromatic carbocycles. The molecule has 2 atom stereocenters. The van der Waals surface area contributed by atoms with Crippen LogP contribution in [0, 0.1) is 5.92 Å². The third kappa shape index (κ3) is 4.48. The zero-order chi connectivity index (χ0) is 20.2. The number of amides is 1. The Bertz CT molecular complexity index is 1010. The minimum atomic E-state index is -0.155. The largest absolute Gasteiger partial charge is 0.342 e. The molecule has 1 aliphatic heterocycles. The lowest BCUT2D eigenvalue weighted by atomic mass is 9.94. The first kappa shape index (κ1) is 19.6. The smallest absolute Gasteiger partial charge is 0.266 e. The SMILES string of the molecule is CC(C(=O)N1CCC[C@@H](Cn2nc(-c3cccs3)ccc2=O)C1)c1ccccc1. The third-order valence-corrected chi connectivity index (χ3v) is 6.46. The van der Waals surface area contributed by atoms with Crippen LogP contribution in [0.5, 0.6) is 0 Å². The Labute approximate surface area is 174 Å². The number of piperidine rings is 1. The van der Waals surface area contributed by atoms with Gasteiger partial charge in [0, 0.05) is 25.7 Å². The number of aromatic nitrogens is 2. The molecule has 4 rings (SSSR count). The van der Waals surface area contributed by atoms with E-state index in [-0.39, 0.29) is 23.3 Å². The van der Waals surface area contributed by atoms with Gasteiger partial charge in [0.1, 0.15) is 5.69 Å². The van der Waals surface area contributed by atoms with Crippen molar-refractivity contribution in [1.82, 2.24) is 14.7 Å². The molecule has 5 nitrogen and oxygen atoms in total. The standard InChI is InChI=1S/C23H25N3O2S/c1-17(19-8-3-2-4-9-19)23(28)25-13-5-7-18(15-25)16-26-22(27)12-11-20(24-26)21-10-6-14-29-21/h2-4,6,8-12,14,17-18H,5,7,13,15-16H2,1H3/t17?,18-/m1/s1. The van der Waals surface area contributed by atoms with Crippen molar-refractivity contribution in [2.24, 2.45) is 5.92 Å². The first-order chi connectivity index (χ1) is 14.1. The molecule has 0 spiro atoms. The Morgan fingerprint density at radius 2 is 2.00 bits per heavy atom. The van der Waals surface area contributed by atoms with Crippen LogP contribution in [0.3, 0.4) is 0 Å². The van der Waals surface area contributed by atoms with E-state index in [1.807, 2.05) is 59.7 Å². The number of carbonyl (C=O) groups excluding carboxylic acids is 1. The summed E-state index contributed by atoms with van der Waals surface area (Å²) in [6, 6.07) is 17.3. The molecular formula is C23H25N3O2S. The highest BCUT2D eigenvalue weighted by Gasteiger charge is 2.28. The van der Waals surface area contributed by atoms with E-state index in [0.29, 0.717) is 13.1 Å². The number of carbonyl (C=O) groups is 1. The van der Waals surface area contributed by atoms with E-state index in [9.17, 15) is 9.59 Å². The Morgan fingerprint density at radius 3 is 2.76 bits per heavy atom. The quantitative estimate of drug-likeness (QED) is 0.642. The summed E-state index contributed by atoms with van der Waals surface area (Å²) in [6.07, 6.45) is 1.96. The van der Waals surface area contributed by atoms with Crippen LogP contribution in [0.1, 0.15) is 31.2 Å². The summed E-state index contributed by atoms with van der Waals surface area (Å²) in [4.78, 5) is 28.4. The van der Waals surface area contributed by atoms with Gasteiger partial charge in [0.25, 0.3) is 5.56 Å². The van der Waals surface area contributed by atoms with Crippen molar-refractivity contribution in [2.75, 3.05) is 13.1 Å². The molecule has 150 valence electrons. The molecule has 6 heteroatoms. The average molecular weight is 408 g/mol. The highest BCUT2D eigenvalue weighted by molar-refractivity contribution is 7.13. The fourth-order valence-corrected chi connectivity index (χ4v) is 4.64. The van der Waals surface area contributed by atoms with E-state index in [0.717, 1.165) is 35.5 Å². The number of benzene rings is 1. The van der Waals surface area contributed by atoms with Crippen LogP contribution in [0.2, 0.25) is 0 Å². The van der Waals surface area contributed by atoms with E-state index in [4.69, 9.17) is 0 Å². The molecule has 0 saturated carbocycles. The van der Waals surface area contributed by atoms with Crippen LogP contribution in [-0.2, 0) is 11.3 Å². The third-order valence-electron chi connectivity index (χ3n) is 5.57. The molecule has 1 unspecified atom stereocenters. The molecular weight excluding hydrogens is 382 g/mol. The molecule has 0 bridgehead atoms. The number of hydrogen-bond donors (Lipinski definition) is 0. The van der Waals surface area contributed by atoms with E-state index in [1.54, 1.807) is 28.2 Å². The maximum atomic E-state index is 13.0. The van der Waals surface area contributed by atoms with Gasteiger partial charge in [-0.3, -0.25) is 9.59 Å². The summed E-state index contributed by atoms with van der Waals surface area (Å²) in [5, 5.41) is 6.58. The molecule has 3 aromatic rings. The molecule has 0 radical (unpaired) electrons. The Hall–Kier alpha value is -2.73. The predicted molar refractivity (Wildman–Crippen MR) is 116 cm³/mol. The van der Waals surface area contributed by atoms with Crippen molar-refractivity contribution in [1.29, 1.82) is 0 Å². The van der Waals surface area contributed by atoms with Crippen LogP contribution in [0.4, 0.5) is 0 Å². The normalized spacial score (nSPS) is 17.8. The van der Waals surface area contributed by atoms with Crippen LogP contribution in [-0.4, -0.2) is 33.7 Å². The molecule has 1 aliphatic rings. The average Bonchev–Trinajstić information content (AvgIpc) is 3.30. The van der Waals surface area contributed by atoms with Gasteiger partial charge in [-0.15, -0.1) is 11.3 Å². The van der Waals surface area contributed by atoms with Crippen LogP contribution in [0.25, 0.3) is 10.6 Å². The molecule has 0 N–H and O–H groups in total. The minimum absolute atomic E-state index is 0.0913. The van der Waals surface area contributed by atoms with Crippen molar-refractivity contribution >= 4 is 17.2 Å². The van der Waals surface area contributed by atoms with Gasteiger partial charge in [-0.2, -0.15) is 5.10 Å². The lowest BCUT2D eigenvalue weighted by Crippen LogP contribution is -2.43. The van der Waals surface area contributed by atoms with Crippen LogP contribution in [0.15, 0.2) is 64.8 Å². The summed E-state index contributed by atoms with van der Waals surface area (Å²) in [7, 11) is 0. The molecule has 2 aromatic heterocycles. The van der Waals surface area contributed by atoms with Gasteiger partial charge in [-0.05, 0) is 48.8 Å². The second-order valence-electron chi connectivity index (χ2n) is 7.64. The monoisotopic (exact) mass is 407 g/mol. The molecule has 1 fully saturated rings. The van der Waals surface area contributed by atoms with E-state index in [1.165, 1.54) is 0 Å². The zero-order valence-corrected chi connectivity index (χ0v) is 17.3. The molecule has 1 saturated heterocycles. The second kappa shape index (κ2) is 8.74. The fourth-order valence-electron chi connectivity index (χ4n) is 3.95. The topological polar surface area (TPSA) is 55.2 Å². The van der Waals surface area contributed by atoms with Gasteiger partial charge in [0.15, 0.2) is 0 Å². The summed E-state index contributed by atoms with van der Waals surface area (Å²) in [5.74, 6) is 0.242. The van der Waals surface area contributed by atoms with E-state index >= 15 is 0 Å². The van der Waals surface area contributed by atoms with Gasteiger partial charge < -0.3 is 4.90 Å². The summed E-state index contributed by atoms with van der Waals surface area (Å²) >= 11 is 1.61. The van der Waals surface area contributed by atoms with Crippen molar-refractivity contribution in [3.63, 3.8) is 0 Å². The highest BCUT2D eigenvalue weighted by atomic mass is 32.1. The molecule has 1 amide bonds. The van der Waals surface area contributed by atoms with E-state index in [2.05, 4.69) is 5.10 Å². The van der Waals surface area contributed by atoms with Crippen molar-refractivity contribution in [3.05, 3.63) is 75.9 Å².